The number of carbonyl (C=O) groups is 1. The maximum atomic E-state index is 11.9. The van der Waals surface area contributed by atoms with Crippen molar-refractivity contribution in [2.24, 2.45) is 0 Å². The lowest BCUT2D eigenvalue weighted by molar-refractivity contribution is 0.0947. The molecule has 0 aliphatic rings. The number of amides is 1. The molecule has 0 spiro atoms. The number of hydrogen-bond donors (Lipinski definition) is 2. The van der Waals surface area contributed by atoms with Crippen LogP contribution in [0.25, 0.3) is 0 Å². The fourth-order valence-electron chi connectivity index (χ4n) is 1.64. The van der Waals surface area contributed by atoms with Crippen LogP contribution in [0.2, 0.25) is 5.02 Å². The van der Waals surface area contributed by atoms with Crippen LogP contribution in [0.15, 0.2) is 48.5 Å². The summed E-state index contributed by atoms with van der Waals surface area (Å²) in [5.41, 5.74) is 6.52. The van der Waals surface area contributed by atoms with E-state index < -0.39 is 0 Å². The molecular weight excluding hydrogens is 276 g/mol. The summed E-state index contributed by atoms with van der Waals surface area (Å²) in [6.07, 6.45) is 0. The number of carbonyl (C=O) groups excluding carboxylic acids is 1. The third-order valence-electron chi connectivity index (χ3n) is 2.66. The number of nitrogens with one attached hydrogen (secondary N) is 1. The van der Waals surface area contributed by atoms with Crippen LogP contribution in [0, 0.1) is 0 Å². The second-order valence-electron chi connectivity index (χ2n) is 4.15. The Labute approximate surface area is 122 Å². The smallest absolute Gasteiger partial charge is 0.251 e. The van der Waals surface area contributed by atoms with E-state index in [0.717, 1.165) is 5.75 Å². The van der Waals surface area contributed by atoms with E-state index in [9.17, 15) is 4.79 Å². The zero-order chi connectivity index (χ0) is 14.4. The third-order valence-corrected chi connectivity index (χ3v) is 3.00. The first-order valence-electron chi connectivity index (χ1n) is 6.18. The molecule has 1 amide bonds. The van der Waals surface area contributed by atoms with E-state index in [1.165, 1.54) is 0 Å². The molecule has 0 bridgehead atoms. The Balaban J connectivity index is 1.79. The zero-order valence-corrected chi connectivity index (χ0v) is 11.6. The summed E-state index contributed by atoms with van der Waals surface area (Å²) < 4.78 is 5.47. The van der Waals surface area contributed by atoms with Crippen molar-refractivity contribution in [1.29, 1.82) is 0 Å². The summed E-state index contributed by atoms with van der Waals surface area (Å²) in [4.78, 5) is 11.9. The summed E-state index contributed by atoms with van der Waals surface area (Å²) >= 11 is 5.80. The van der Waals surface area contributed by atoms with E-state index in [4.69, 9.17) is 22.1 Å². The van der Waals surface area contributed by atoms with Gasteiger partial charge in [-0.1, -0.05) is 29.8 Å². The highest BCUT2D eigenvalue weighted by Gasteiger charge is 2.06. The molecule has 0 saturated heterocycles. The molecule has 3 N–H and O–H groups in total. The monoisotopic (exact) mass is 290 g/mol. The molecule has 2 rings (SSSR count). The molecule has 0 fully saturated rings. The Morgan fingerprint density at radius 1 is 1.20 bits per heavy atom. The maximum Gasteiger partial charge on any atom is 0.251 e. The molecule has 0 radical (unpaired) electrons. The number of ether oxygens (including phenoxy) is 1. The van der Waals surface area contributed by atoms with Gasteiger partial charge in [0.15, 0.2) is 0 Å². The Morgan fingerprint density at radius 3 is 2.65 bits per heavy atom. The lowest BCUT2D eigenvalue weighted by atomic mass is 10.2. The van der Waals surface area contributed by atoms with Gasteiger partial charge in [-0.05, 0) is 30.3 Å². The van der Waals surface area contributed by atoms with Crippen LogP contribution in [0.4, 0.5) is 5.69 Å². The highest BCUT2D eigenvalue weighted by Crippen LogP contribution is 2.19. The summed E-state index contributed by atoms with van der Waals surface area (Å²) in [6, 6.07) is 14.2. The molecule has 0 aliphatic heterocycles. The highest BCUT2D eigenvalue weighted by molar-refractivity contribution is 6.33. The molecule has 0 aromatic heterocycles. The lowest BCUT2D eigenvalue weighted by Gasteiger charge is -2.08. The van der Waals surface area contributed by atoms with Gasteiger partial charge in [0.2, 0.25) is 0 Å². The van der Waals surface area contributed by atoms with E-state index in [2.05, 4.69) is 5.32 Å². The third kappa shape index (κ3) is 3.90. The summed E-state index contributed by atoms with van der Waals surface area (Å²) in [5.74, 6) is 0.572. The minimum absolute atomic E-state index is 0.204. The predicted octanol–water partition coefficient (Wildman–Crippen LogP) is 2.73. The van der Waals surface area contributed by atoms with Crippen LogP contribution < -0.4 is 15.8 Å². The van der Waals surface area contributed by atoms with E-state index in [-0.39, 0.29) is 5.91 Å². The minimum Gasteiger partial charge on any atom is -0.492 e. The van der Waals surface area contributed by atoms with Gasteiger partial charge in [-0.25, -0.2) is 0 Å². The van der Waals surface area contributed by atoms with Crippen molar-refractivity contribution in [2.45, 2.75) is 0 Å². The SMILES string of the molecule is Nc1cc(C(=O)NCCOc2ccccc2)ccc1Cl. The van der Waals surface area contributed by atoms with Gasteiger partial charge in [-0.15, -0.1) is 0 Å². The number of hydrogen-bond acceptors (Lipinski definition) is 3. The fraction of sp³-hybridized carbons (Fsp3) is 0.133. The normalized spacial score (nSPS) is 10.1. The average molecular weight is 291 g/mol. The van der Waals surface area contributed by atoms with Gasteiger partial charge in [0.05, 0.1) is 17.3 Å². The molecule has 5 heteroatoms. The van der Waals surface area contributed by atoms with E-state index in [1.54, 1.807) is 18.2 Å². The number of benzene rings is 2. The van der Waals surface area contributed by atoms with Gasteiger partial charge in [0, 0.05) is 5.56 Å². The summed E-state index contributed by atoms with van der Waals surface area (Å²) in [5, 5.41) is 3.19. The molecule has 104 valence electrons. The second kappa shape index (κ2) is 6.82. The van der Waals surface area contributed by atoms with Gasteiger partial charge in [0.25, 0.3) is 5.91 Å². The first-order valence-corrected chi connectivity index (χ1v) is 6.55. The first-order chi connectivity index (χ1) is 9.66. The van der Waals surface area contributed by atoms with Crippen LogP contribution in [-0.2, 0) is 0 Å². The van der Waals surface area contributed by atoms with Crippen LogP contribution in [-0.4, -0.2) is 19.1 Å². The molecule has 0 aliphatic carbocycles. The molecule has 4 nitrogen and oxygen atoms in total. The molecule has 0 heterocycles. The molecule has 0 unspecified atom stereocenters. The number of nitrogens with two attached hydrogens (primary N) is 1. The Bertz CT molecular complexity index is 588. The first kappa shape index (κ1) is 14.2. The molecular formula is C15H15ClN2O2. The Morgan fingerprint density at radius 2 is 1.95 bits per heavy atom. The fourth-order valence-corrected chi connectivity index (χ4v) is 1.75. The van der Waals surface area contributed by atoms with Gasteiger partial charge in [0.1, 0.15) is 12.4 Å². The lowest BCUT2D eigenvalue weighted by Crippen LogP contribution is -2.28. The quantitative estimate of drug-likeness (QED) is 0.657. The highest BCUT2D eigenvalue weighted by atomic mass is 35.5. The number of para-hydroxylation sites is 1. The van der Waals surface area contributed by atoms with Crippen molar-refractivity contribution >= 4 is 23.2 Å². The number of rotatable bonds is 5. The van der Waals surface area contributed by atoms with Gasteiger partial charge in [-0.2, -0.15) is 0 Å². The molecule has 0 atom stereocenters. The minimum atomic E-state index is -0.204. The van der Waals surface area contributed by atoms with Gasteiger partial charge >= 0.3 is 0 Å². The molecule has 2 aromatic rings. The number of nitrogen functional groups attached to an aromatic ring is 1. The molecule has 2 aromatic carbocycles. The standard InChI is InChI=1S/C15H15ClN2O2/c16-13-7-6-11(10-14(13)17)15(19)18-8-9-20-12-4-2-1-3-5-12/h1-7,10H,8-9,17H2,(H,18,19). The average Bonchev–Trinajstić information content (AvgIpc) is 2.47. The van der Waals surface area contributed by atoms with E-state index in [1.807, 2.05) is 30.3 Å². The van der Waals surface area contributed by atoms with Crippen molar-refractivity contribution in [3.05, 3.63) is 59.1 Å². The largest absolute Gasteiger partial charge is 0.492 e. The van der Waals surface area contributed by atoms with Crippen LogP contribution >= 0.6 is 11.6 Å². The van der Waals surface area contributed by atoms with Gasteiger partial charge in [-0.3, -0.25) is 4.79 Å². The Kier molecular flexibility index (Phi) is 4.85. The van der Waals surface area contributed by atoms with Crippen molar-refractivity contribution in [3.8, 4) is 5.75 Å². The maximum absolute atomic E-state index is 11.9. The van der Waals surface area contributed by atoms with Gasteiger partial charge < -0.3 is 15.8 Å². The van der Waals surface area contributed by atoms with Crippen molar-refractivity contribution in [2.75, 3.05) is 18.9 Å². The van der Waals surface area contributed by atoms with Crippen molar-refractivity contribution in [3.63, 3.8) is 0 Å². The molecule has 0 saturated carbocycles. The van der Waals surface area contributed by atoms with Crippen LogP contribution in [0.3, 0.4) is 0 Å². The molecule has 20 heavy (non-hydrogen) atoms. The van der Waals surface area contributed by atoms with E-state index >= 15 is 0 Å². The summed E-state index contributed by atoms with van der Waals surface area (Å²) in [6.45, 7) is 0.815. The summed E-state index contributed by atoms with van der Waals surface area (Å²) in [7, 11) is 0. The van der Waals surface area contributed by atoms with Crippen molar-refractivity contribution < 1.29 is 9.53 Å². The van der Waals surface area contributed by atoms with E-state index in [0.29, 0.717) is 29.4 Å². The number of anilines is 1. The predicted molar refractivity (Wildman–Crippen MR) is 80.1 cm³/mol. The topological polar surface area (TPSA) is 64.4 Å². The van der Waals surface area contributed by atoms with Crippen LogP contribution in [0.5, 0.6) is 5.75 Å². The van der Waals surface area contributed by atoms with Crippen LogP contribution in [0.1, 0.15) is 10.4 Å². The zero-order valence-electron chi connectivity index (χ0n) is 10.8. The number of halogens is 1. The van der Waals surface area contributed by atoms with Crippen molar-refractivity contribution in [1.82, 2.24) is 5.32 Å². The second-order valence-corrected chi connectivity index (χ2v) is 4.56. The Hall–Kier alpha value is -2.20.